The Morgan fingerprint density at radius 3 is 1.94 bits per heavy atom. The van der Waals surface area contributed by atoms with Crippen molar-refractivity contribution in [2.24, 2.45) is 35.5 Å². The summed E-state index contributed by atoms with van der Waals surface area (Å²) in [6, 6.07) is 0. The molecule has 4 fully saturated rings. The van der Waals surface area contributed by atoms with Gasteiger partial charge in [0.05, 0.1) is 23.9 Å². The first kappa shape index (κ1) is 22.4. The van der Waals surface area contributed by atoms with E-state index in [0.29, 0.717) is 36.1 Å². The largest absolute Gasteiger partial charge is 0.381 e. The van der Waals surface area contributed by atoms with Crippen LogP contribution in [0.5, 0.6) is 0 Å². The van der Waals surface area contributed by atoms with Gasteiger partial charge in [0.25, 0.3) is 0 Å². The molecule has 176 valence electrons. The van der Waals surface area contributed by atoms with Crippen LogP contribution in [-0.2, 0) is 14.2 Å². The van der Waals surface area contributed by atoms with E-state index in [9.17, 15) is 0 Å². The maximum Gasteiger partial charge on any atom is 0.0922 e. The first-order valence-electron chi connectivity index (χ1n) is 13.6. The van der Waals surface area contributed by atoms with Crippen molar-refractivity contribution in [3.8, 4) is 0 Å². The van der Waals surface area contributed by atoms with E-state index in [-0.39, 0.29) is 5.60 Å². The lowest BCUT2D eigenvalue weighted by Gasteiger charge is -2.57. The van der Waals surface area contributed by atoms with Crippen molar-refractivity contribution >= 4 is 0 Å². The van der Waals surface area contributed by atoms with Gasteiger partial charge in [-0.25, -0.2) is 0 Å². The smallest absolute Gasteiger partial charge is 0.0922 e. The zero-order valence-corrected chi connectivity index (χ0v) is 20.3. The lowest BCUT2D eigenvalue weighted by atomic mass is 9.58. The second-order valence-corrected chi connectivity index (χ2v) is 11.7. The van der Waals surface area contributed by atoms with Gasteiger partial charge in [0.2, 0.25) is 0 Å². The van der Waals surface area contributed by atoms with Crippen molar-refractivity contribution in [1.82, 2.24) is 0 Å². The number of fused-ring (bicyclic) bond motifs is 3. The van der Waals surface area contributed by atoms with Crippen molar-refractivity contribution < 1.29 is 14.2 Å². The molecule has 5 unspecified atom stereocenters. The van der Waals surface area contributed by atoms with Gasteiger partial charge in [-0.05, 0) is 93.8 Å². The Morgan fingerprint density at radius 1 is 0.774 bits per heavy atom. The molecule has 3 heteroatoms. The highest BCUT2D eigenvalue weighted by atomic mass is 16.5. The molecular formula is C28H46O3. The first-order valence-corrected chi connectivity index (χ1v) is 13.6. The molecule has 0 aromatic heterocycles. The van der Waals surface area contributed by atoms with Crippen LogP contribution in [0.3, 0.4) is 0 Å². The Balaban J connectivity index is 1.44. The minimum absolute atomic E-state index is 0.0440. The predicted octanol–water partition coefficient (Wildman–Crippen LogP) is 6.55. The number of hydrogen-bond donors (Lipinski definition) is 0. The summed E-state index contributed by atoms with van der Waals surface area (Å²) in [6.45, 7) is 2.50. The van der Waals surface area contributed by atoms with Gasteiger partial charge in [0.1, 0.15) is 0 Å². The second-order valence-electron chi connectivity index (χ2n) is 11.7. The van der Waals surface area contributed by atoms with E-state index in [4.69, 9.17) is 14.2 Å². The average Bonchev–Trinajstić information content (AvgIpc) is 2.84. The molecule has 4 aliphatic carbocycles. The lowest BCUT2D eigenvalue weighted by Crippen LogP contribution is -2.58. The summed E-state index contributed by atoms with van der Waals surface area (Å²) >= 11 is 0. The van der Waals surface area contributed by atoms with E-state index in [0.717, 1.165) is 17.8 Å². The van der Waals surface area contributed by atoms with Crippen molar-refractivity contribution in [2.75, 3.05) is 14.2 Å². The molecule has 0 aromatic carbocycles. The third-order valence-corrected chi connectivity index (χ3v) is 10.3. The van der Waals surface area contributed by atoms with Crippen LogP contribution in [0.4, 0.5) is 0 Å². The molecule has 0 spiro atoms. The second kappa shape index (κ2) is 9.47. The number of ether oxygens (including phenoxy) is 3. The van der Waals surface area contributed by atoms with Gasteiger partial charge >= 0.3 is 0 Å². The fourth-order valence-corrected chi connectivity index (χ4v) is 8.50. The van der Waals surface area contributed by atoms with Gasteiger partial charge in [0.15, 0.2) is 0 Å². The molecule has 3 nitrogen and oxygen atoms in total. The monoisotopic (exact) mass is 430 g/mol. The molecule has 0 aromatic rings. The van der Waals surface area contributed by atoms with Gasteiger partial charge in [-0.1, -0.05) is 38.3 Å². The maximum absolute atomic E-state index is 7.57. The van der Waals surface area contributed by atoms with Crippen LogP contribution in [0.25, 0.3) is 0 Å². The van der Waals surface area contributed by atoms with Crippen LogP contribution in [0, 0.1) is 35.5 Å². The van der Waals surface area contributed by atoms with Gasteiger partial charge in [-0.2, -0.15) is 0 Å². The molecule has 5 aliphatic rings. The SMILES string of the molecule is COC1CCC(C2(C3CCC(OC)CC3)C=CC3C(C)CC4CCCCC4C3O2)CC1. The van der Waals surface area contributed by atoms with Gasteiger partial charge in [-0.15, -0.1) is 0 Å². The summed E-state index contributed by atoms with van der Waals surface area (Å²) in [7, 11) is 3.78. The van der Waals surface area contributed by atoms with E-state index in [1.807, 2.05) is 14.2 Å². The molecule has 0 radical (unpaired) electrons. The summed E-state index contributed by atoms with van der Waals surface area (Å²) in [4.78, 5) is 0. The molecule has 1 heterocycles. The molecule has 0 N–H and O–H groups in total. The third-order valence-electron chi connectivity index (χ3n) is 10.3. The summed E-state index contributed by atoms with van der Waals surface area (Å²) in [5.74, 6) is 4.41. The molecule has 0 amide bonds. The highest BCUT2D eigenvalue weighted by molar-refractivity contribution is 5.18. The highest BCUT2D eigenvalue weighted by Crippen LogP contribution is 2.55. The minimum Gasteiger partial charge on any atom is -0.381 e. The molecule has 0 bridgehead atoms. The summed E-state index contributed by atoms with van der Waals surface area (Å²) in [6.07, 6.45) is 23.6. The van der Waals surface area contributed by atoms with Gasteiger partial charge < -0.3 is 14.2 Å². The Morgan fingerprint density at radius 2 is 1.35 bits per heavy atom. The fourth-order valence-electron chi connectivity index (χ4n) is 8.50. The highest BCUT2D eigenvalue weighted by Gasteiger charge is 2.54. The molecule has 5 atom stereocenters. The molecule has 1 aliphatic heterocycles. The molecule has 5 rings (SSSR count). The zero-order valence-electron chi connectivity index (χ0n) is 20.3. The van der Waals surface area contributed by atoms with Crippen molar-refractivity contribution in [2.45, 2.75) is 114 Å². The Hall–Kier alpha value is -0.380. The van der Waals surface area contributed by atoms with Crippen LogP contribution in [0.2, 0.25) is 0 Å². The van der Waals surface area contributed by atoms with E-state index in [2.05, 4.69) is 19.1 Å². The molecule has 4 saturated carbocycles. The van der Waals surface area contributed by atoms with Crippen molar-refractivity contribution in [3.05, 3.63) is 12.2 Å². The number of hydrogen-bond acceptors (Lipinski definition) is 3. The Bertz CT molecular complexity index is 590. The van der Waals surface area contributed by atoms with Crippen LogP contribution in [-0.4, -0.2) is 38.1 Å². The van der Waals surface area contributed by atoms with Crippen LogP contribution < -0.4 is 0 Å². The van der Waals surface area contributed by atoms with Crippen LogP contribution in [0.15, 0.2) is 12.2 Å². The predicted molar refractivity (Wildman–Crippen MR) is 125 cm³/mol. The Kier molecular flexibility index (Phi) is 6.85. The minimum atomic E-state index is -0.0440. The quantitative estimate of drug-likeness (QED) is 0.473. The van der Waals surface area contributed by atoms with Crippen LogP contribution >= 0.6 is 0 Å². The first-order chi connectivity index (χ1) is 15.1. The molecule has 0 saturated heterocycles. The van der Waals surface area contributed by atoms with Gasteiger partial charge in [-0.3, -0.25) is 0 Å². The summed E-state index contributed by atoms with van der Waals surface area (Å²) in [5, 5.41) is 0. The van der Waals surface area contributed by atoms with E-state index >= 15 is 0 Å². The average molecular weight is 431 g/mol. The van der Waals surface area contributed by atoms with Gasteiger partial charge in [0, 0.05) is 20.1 Å². The topological polar surface area (TPSA) is 27.7 Å². The van der Waals surface area contributed by atoms with E-state index in [1.165, 1.54) is 83.5 Å². The summed E-state index contributed by atoms with van der Waals surface area (Å²) in [5.41, 5.74) is -0.0440. The summed E-state index contributed by atoms with van der Waals surface area (Å²) < 4.78 is 19.0. The zero-order chi connectivity index (χ0) is 21.4. The van der Waals surface area contributed by atoms with Crippen LogP contribution in [0.1, 0.15) is 90.4 Å². The van der Waals surface area contributed by atoms with E-state index in [1.54, 1.807) is 0 Å². The van der Waals surface area contributed by atoms with E-state index < -0.39 is 0 Å². The van der Waals surface area contributed by atoms with Crippen molar-refractivity contribution in [3.63, 3.8) is 0 Å². The fraction of sp³-hybridized carbons (Fsp3) is 0.929. The molecular weight excluding hydrogens is 384 g/mol. The third kappa shape index (κ3) is 4.17. The van der Waals surface area contributed by atoms with Crippen molar-refractivity contribution in [1.29, 1.82) is 0 Å². The maximum atomic E-state index is 7.57. The molecule has 31 heavy (non-hydrogen) atoms. The normalized spacial score (nSPS) is 50.5. The Labute approximate surface area is 190 Å². The lowest BCUT2D eigenvalue weighted by molar-refractivity contribution is -0.208. The standard InChI is InChI=1S/C28H46O3/c1-19-18-20-6-4-5-7-26(20)27-25(19)16-17-28(31-27,21-8-12-23(29-2)13-9-21)22-10-14-24(30-3)15-11-22/h16-17,19-27H,4-15,18H2,1-3H3. The number of rotatable bonds is 4. The number of methoxy groups -OCH3 is 2.